The molecule has 0 unspecified atom stereocenters. The van der Waals surface area contributed by atoms with Gasteiger partial charge in [0.1, 0.15) is 5.65 Å². The second kappa shape index (κ2) is 10.6. The molecule has 0 fully saturated rings. The molecule has 8 nitrogen and oxygen atoms in total. The number of hydrogen-bond acceptors (Lipinski definition) is 5. The summed E-state index contributed by atoms with van der Waals surface area (Å²) in [6.45, 7) is 8.03. The summed E-state index contributed by atoms with van der Waals surface area (Å²) in [6.07, 6.45) is 6.45. The molecule has 0 saturated heterocycles. The first-order chi connectivity index (χ1) is 17.3. The lowest BCUT2D eigenvalue weighted by atomic mass is 9.97. The van der Waals surface area contributed by atoms with Gasteiger partial charge >= 0.3 is 0 Å². The quantitative estimate of drug-likeness (QED) is 0.216. The van der Waals surface area contributed by atoms with E-state index < -0.39 is 0 Å². The van der Waals surface area contributed by atoms with Crippen LogP contribution in [-0.2, 0) is 13.0 Å². The minimum atomic E-state index is -0.347. The number of amides is 1. The van der Waals surface area contributed by atoms with Gasteiger partial charge in [0.15, 0.2) is 0 Å². The fourth-order valence-electron chi connectivity index (χ4n) is 4.43. The van der Waals surface area contributed by atoms with Crippen LogP contribution in [0, 0.1) is 12.3 Å². The van der Waals surface area contributed by atoms with E-state index in [4.69, 9.17) is 5.41 Å². The Hall–Kier alpha value is -4.20. The highest BCUT2D eigenvalue weighted by Gasteiger charge is 2.19. The lowest BCUT2D eigenvalue weighted by Crippen LogP contribution is -2.29. The first-order valence-corrected chi connectivity index (χ1v) is 12.2. The van der Waals surface area contributed by atoms with E-state index >= 15 is 0 Å². The van der Waals surface area contributed by atoms with Crippen LogP contribution in [0.1, 0.15) is 59.9 Å². The molecule has 0 aliphatic carbocycles. The number of anilines is 1. The maximum atomic E-state index is 13.5. The molecule has 0 atom stereocenters. The molecular weight excluding hydrogens is 452 g/mol. The van der Waals surface area contributed by atoms with Crippen molar-refractivity contribution in [2.24, 2.45) is 0 Å². The number of pyridine rings is 2. The van der Waals surface area contributed by atoms with E-state index in [1.807, 2.05) is 51.2 Å². The van der Waals surface area contributed by atoms with Crippen LogP contribution in [0.25, 0.3) is 22.2 Å². The van der Waals surface area contributed by atoms with Gasteiger partial charge in [-0.3, -0.25) is 9.59 Å². The van der Waals surface area contributed by atoms with E-state index in [9.17, 15) is 9.59 Å². The van der Waals surface area contributed by atoms with Crippen molar-refractivity contribution in [3.63, 3.8) is 0 Å². The maximum Gasteiger partial charge on any atom is 0.253 e. The minimum Gasteiger partial charge on any atom is -0.382 e. The standard InChI is InChI=1S/C28H32N6O2/c1-5-6-18-9-17(4)34-28(36)24(18)15-32-27(35)22-11-20(12-25(23(22)13-29)33-16(2)3)21-10-19-7-8-30-26(19)31-14-21/h7-14,16,29,33H,5-6,15H2,1-4H3,(H,30,31)(H,32,35)(H,34,36). The lowest BCUT2D eigenvalue weighted by Gasteiger charge is -2.18. The Labute approximate surface area is 210 Å². The summed E-state index contributed by atoms with van der Waals surface area (Å²) in [5.41, 5.74) is 6.12. The van der Waals surface area contributed by atoms with Crippen LogP contribution in [0.5, 0.6) is 0 Å². The third-order valence-corrected chi connectivity index (χ3v) is 6.05. The Bertz CT molecular complexity index is 1480. The van der Waals surface area contributed by atoms with Crippen molar-refractivity contribution in [3.05, 3.63) is 81.0 Å². The number of nitrogens with one attached hydrogen (secondary N) is 5. The van der Waals surface area contributed by atoms with E-state index in [1.54, 1.807) is 12.3 Å². The van der Waals surface area contributed by atoms with Gasteiger partial charge in [-0.2, -0.15) is 0 Å². The van der Waals surface area contributed by atoms with Crippen molar-refractivity contribution in [2.45, 2.75) is 53.1 Å². The summed E-state index contributed by atoms with van der Waals surface area (Å²) in [5.74, 6) is -0.347. The van der Waals surface area contributed by atoms with Gasteiger partial charge < -0.3 is 26.0 Å². The van der Waals surface area contributed by atoms with Crippen LogP contribution >= 0.6 is 0 Å². The number of rotatable bonds is 9. The van der Waals surface area contributed by atoms with Gasteiger partial charge in [0.2, 0.25) is 0 Å². The SMILES string of the molecule is CCCc1cc(C)[nH]c(=O)c1CNC(=O)c1cc(-c2cnc3[nH]ccc3c2)cc(NC(C)C)c1C=N. The molecule has 1 aromatic carbocycles. The number of aromatic nitrogens is 3. The fourth-order valence-corrected chi connectivity index (χ4v) is 4.43. The molecule has 4 rings (SSSR count). The molecular formula is C28H32N6O2. The van der Waals surface area contributed by atoms with E-state index in [1.165, 1.54) is 6.21 Å². The molecule has 0 aliphatic heterocycles. The monoisotopic (exact) mass is 484 g/mol. The zero-order valence-electron chi connectivity index (χ0n) is 21.1. The van der Waals surface area contributed by atoms with Crippen LogP contribution in [0.15, 0.2) is 47.5 Å². The molecule has 3 aromatic heterocycles. The molecule has 36 heavy (non-hydrogen) atoms. The highest BCUT2D eigenvalue weighted by Crippen LogP contribution is 2.30. The van der Waals surface area contributed by atoms with Gasteiger partial charge in [-0.25, -0.2) is 4.98 Å². The van der Waals surface area contributed by atoms with Crippen molar-refractivity contribution in [2.75, 3.05) is 5.32 Å². The smallest absolute Gasteiger partial charge is 0.253 e. The number of carbonyl (C=O) groups is 1. The summed E-state index contributed by atoms with van der Waals surface area (Å²) < 4.78 is 0. The van der Waals surface area contributed by atoms with Crippen molar-refractivity contribution in [1.29, 1.82) is 5.41 Å². The molecule has 3 heterocycles. The normalized spacial score (nSPS) is 11.1. The Morgan fingerprint density at radius 2 is 2.00 bits per heavy atom. The van der Waals surface area contributed by atoms with E-state index in [0.717, 1.165) is 46.3 Å². The average molecular weight is 485 g/mol. The van der Waals surface area contributed by atoms with Gasteiger partial charge in [0.05, 0.1) is 5.56 Å². The van der Waals surface area contributed by atoms with Crippen molar-refractivity contribution in [1.82, 2.24) is 20.3 Å². The van der Waals surface area contributed by atoms with Gasteiger partial charge in [0, 0.05) is 64.7 Å². The number of fused-ring (bicyclic) bond motifs is 1. The lowest BCUT2D eigenvalue weighted by molar-refractivity contribution is 0.0950. The number of nitrogens with zero attached hydrogens (tertiary/aromatic N) is 1. The van der Waals surface area contributed by atoms with Crippen molar-refractivity contribution < 1.29 is 4.79 Å². The van der Waals surface area contributed by atoms with Crippen LogP contribution in [-0.4, -0.2) is 33.1 Å². The third-order valence-electron chi connectivity index (χ3n) is 6.05. The number of H-pyrrole nitrogens is 2. The fraction of sp³-hybridized carbons (Fsp3) is 0.286. The molecule has 0 bridgehead atoms. The molecule has 5 N–H and O–H groups in total. The van der Waals surface area contributed by atoms with Crippen LogP contribution < -0.4 is 16.2 Å². The highest BCUT2D eigenvalue weighted by molar-refractivity contribution is 6.06. The molecule has 186 valence electrons. The van der Waals surface area contributed by atoms with Crippen LogP contribution in [0.4, 0.5) is 5.69 Å². The van der Waals surface area contributed by atoms with Gasteiger partial charge in [0.25, 0.3) is 11.5 Å². The Balaban J connectivity index is 1.74. The Morgan fingerprint density at radius 3 is 2.72 bits per heavy atom. The highest BCUT2D eigenvalue weighted by atomic mass is 16.1. The van der Waals surface area contributed by atoms with E-state index in [2.05, 4.69) is 32.5 Å². The first kappa shape index (κ1) is 24.9. The summed E-state index contributed by atoms with van der Waals surface area (Å²) in [6, 6.07) is 9.75. The largest absolute Gasteiger partial charge is 0.382 e. The van der Waals surface area contributed by atoms with Crippen LogP contribution in [0.3, 0.4) is 0 Å². The maximum absolute atomic E-state index is 13.5. The number of hydrogen-bond donors (Lipinski definition) is 5. The molecule has 4 aromatic rings. The van der Waals surface area contributed by atoms with Crippen molar-refractivity contribution in [3.8, 4) is 11.1 Å². The second-order valence-electron chi connectivity index (χ2n) is 9.29. The zero-order chi connectivity index (χ0) is 25.8. The molecule has 0 spiro atoms. The minimum absolute atomic E-state index is 0.0999. The molecule has 8 heteroatoms. The average Bonchev–Trinajstić information content (AvgIpc) is 3.30. The predicted octanol–water partition coefficient (Wildman–Crippen LogP) is 4.93. The van der Waals surface area contributed by atoms with E-state index in [-0.39, 0.29) is 24.1 Å². The molecule has 0 radical (unpaired) electrons. The number of aromatic amines is 2. The second-order valence-corrected chi connectivity index (χ2v) is 9.29. The molecule has 1 amide bonds. The van der Waals surface area contributed by atoms with Crippen molar-refractivity contribution >= 4 is 28.8 Å². The number of benzene rings is 1. The predicted molar refractivity (Wildman–Crippen MR) is 145 cm³/mol. The van der Waals surface area contributed by atoms with Gasteiger partial charge in [-0.05, 0) is 68.7 Å². The zero-order valence-corrected chi connectivity index (χ0v) is 21.1. The number of aryl methyl sites for hydroxylation is 2. The summed E-state index contributed by atoms with van der Waals surface area (Å²) in [5, 5.41) is 15.3. The van der Waals surface area contributed by atoms with Gasteiger partial charge in [-0.1, -0.05) is 13.3 Å². The first-order valence-electron chi connectivity index (χ1n) is 12.2. The summed E-state index contributed by atoms with van der Waals surface area (Å²) in [7, 11) is 0. The number of carbonyl (C=O) groups excluding carboxylic acids is 1. The third kappa shape index (κ3) is 5.22. The van der Waals surface area contributed by atoms with Gasteiger partial charge in [-0.15, -0.1) is 0 Å². The molecule has 0 saturated carbocycles. The summed E-state index contributed by atoms with van der Waals surface area (Å²) in [4.78, 5) is 36.5. The van der Waals surface area contributed by atoms with Crippen LogP contribution in [0.2, 0.25) is 0 Å². The Kier molecular flexibility index (Phi) is 7.33. The topological polar surface area (TPSA) is 127 Å². The van der Waals surface area contributed by atoms with E-state index in [0.29, 0.717) is 22.4 Å². The Morgan fingerprint density at radius 1 is 1.19 bits per heavy atom. The molecule has 0 aliphatic rings. The summed E-state index contributed by atoms with van der Waals surface area (Å²) >= 11 is 0.